The molecule has 10 aromatic rings. The zero-order chi connectivity index (χ0) is 31.6. The molecule has 0 amide bonds. The second kappa shape index (κ2) is 10.4. The average molecular weight is 615 g/mol. The molecular formula is C42H26N6. The fourth-order valence-electron chi connectivity index (χ4n) is 6.89. The normalized spacial score (nSPS) is 11.8. The molecule has 0 saturated heterocycles. The van der Waals surface area contributed by atoms with E-state index in [4.69, 9.17) is 19.9 Å². The lowest BCUT2D eigenvalue weighted by atomic mass is 10.1. The fraction of sp³-hybridized carbons (Fsp3) is 0. The van der Waals surface area contributed by atoms with Crippen LogP contribution in [-0.4, -0.2) is 28.9 Å². The Bertz CT molecular complexity index is 2780. The number of para-hydroxylation sites is 4. The van der Waals surface area contributed by atoms with Gasteiger partial charge < -0.3 is 0 Å². The molecule has 0 saturated carbocycles. The molecule has 4 aromatic heterocycles. The Balaban J connectivity index is 1.29. The summed E-state index contributed by atoms with van der Waals surface area (Å²) in [6.07, 6.45) is 0. The maximum atomic E-state index is 5.33. The van der Waals surface area contributed by atoms with Crippen LogP contribution in [0.4, 0.5) is 0 Å². The van der Waals surface area contributed by atoms with E-state index in [9.17, 15) is 0 Å². The van der Waals surface area contributed by atoms with Gasteiger partial charge in [-0.3, -0.25) is 8.97 Å². The van der Waals surface area contributed by atoms with Crippen molar-refractivity contribution in [1.29, 1.82) is 0 Å². The molecular weight excluding hydrogens is 589 g/mol. The van der Waals surface area contributed by atoms with Crippen LogP contribution in [0.3, 0.4) is 0 Å². The lowest BCUT2D eigenvalue weighted by Gasteiger charge is -2.13. The zero-order valence-corrected chi connectivity index (χ0v) is 25.7. The summed E-state index contributed by atoms with van der Waals surface area (Å²) in [5.74, 6) is 1.45. The Morgan fingerprint density at radius 2 is 0.958 bits per heavy atom. The van der Waals surface area contributed by atoms with Crippen LogP contribution < -0.4 is 0 Å². The minimum atomic E-state index is 0.665. The molecule has 6 heteroatoms. The quantitative estimate of drug-likeness (QED) is 0.198. The van der Waals surface area contributed by atoms with Crippen molar-refractivity contribution < 1.29 is 0 Å². The minimum Gasteiger partial charge on any atom is -0.279 e. The summed E-state index contributed by atoms with van der Waals surface area (Å²) in [5, 5.41) is 3.29. The number of fused-ring (bicyclic) bond motifs is 8. The molecule has 0 bridgehead atoms. The molecule has 4 heterocycles. The summed E-state index contributed by atoms with van der Waals surface area (Å²) in [6, 6.07) is 54.2. The smallest absolute Gasteiger partial charge is 0.221 e. The van der Waals surface area contributed by atoms with Gasteiger partial charge in [-0.15, -0.1) is 0 Å². The SMILES string of the molecule is c1ccc(-c2cc(-c3ccccc3)nc(-c3ccc4c5ccccc5n(-c5nc6ccccc6c6nc7ccccc7n56)c4c3)n2)cc1. The van der Waals surface area contributed by atoms with Crippen molar-refractivity contribution in [1.82, 2.24) is 28.9 Å². The Kier molecular flexibility index (Phi) is 5.77. The fourth-order valence-corrected chi connectivity index (χ4v) is 6.89. The van der Waals surface area contributed by atoms with E-state index in [2.05, 4.69) is 112 Å². The first-order valence-corrected chi connectivity index (χ1v) is 16.0. The number of rotatable bonds is 4. The monoisotopic (exact) mass is 614 g/mol. The second-order valence-electron chi connectivity index (χ2n) is 12.0. The molecule has 6 nitrogen and oxygen atoms in total. The van der Waals surface area contributed by atoms with Crippen molar-refractivity contribution in [2.45, 2.75) is 0 Å². The van der Waals surface area contributed by atoms with Gasteiger partial charge in [0.15, 0.2) is 5.82 Å². The van der Waals surface area contributed by atoms with Gasteiger partial charge in [-0.25, -0.2) is 19.9 Å². The van der Waals surface area contributed by atoms with E-state index in [1.54, 1.807) is 0 Å². The summed E-state index contributed by atoms with van der Waals surface area (Å²) in [7, 11) is 0. The predicted octanol–water partition coefficient (Wildman–Crippen LogP) is 9.92. The Morgan fingerprint density at radius 1 is 0.375 bits per heavy atom. The molecule has 10 rings (SSSR count). The van der Waals surface area contributed by atoms with E-state index in [1.165, 1.54) is 0 Å². The van der Waals surface area contributed by atoms with E-state index < -0.39 is 0 Å². The number of benzene rings is 6. The third-order valence-corrected chi connectivity index (χ3v) is 9.12. The number of imidazole rings is 1. The van der Waals surface area contributed by atoms with Crippen molar-refractivity contribution in [3.05, 3.63) is 158 Å². The summed E-state index contributed by atoms with van der Waals surface area (Å²) in [5.41, 5.74) is 10.6. The Morgan fingerprint density at radius 3 is 1.69 bits per heavy atom. The molecule has 0 spiro atoms. The van der Waals surface area contributed by atoms with Gasteiger partial charge in [-0.2, -0.15) is 0 Å². The highest BCUT2D eigenvalue weighted by Gasteiger charge is 2.21. The third kappa shape index (κ3) is 4.06. The molecule has 6 aromatic carbocycles. The van der Waals surface area contributed by atoms with Gasteiger partial charge in [0, 0.05) is 32.8 Å². The van der Waals surface area contributed by atoms with Crippen LogP contribution in [0.15, 0.2) is 158 Å². The molecule has 0 aliphatic heterocycles. The topological polar surface area (TPSA) is 60.9 Å². The van der Waals surface area contributed by atoms with Gasteiger partial charge in [-0.1, -0.05) is 115 Å². The first-order chi connectivity index (χ1) is 23.8. The number of hydrogen-bond donors (Lipinski definition) is 0. The number of aromatic nitrogens is 6. The van der Waals surface area contributed by atoms with Crippen LogP contribution in [0, 0.1) is 0 Å². The van der Waals surface area contributed by atoms with E-state index in [0.717, 1.165) is 83.4 Å². The molecule has 0 atom stereocenters. The molecule has 0 aliphatic rings. The van der Waals surface area contributed by atoms with Gasteiger partial charge in [0.25, 0.3) is 0 Å². The summed E-state index contributed by atoms with van der Waals surface area (Å²) in [6.45, 7) is 0. The van der Waals surface area contributed by atoms with Crippen LogP contribution in [0.5, 0.6) is 0 Å². The van der Waals surface area contributed by atoms with Crippen LogP contribution >= 0.6 is 0 Å². The van der Waals surface area contributed by atoms with Crippen LogP contribution in [-0.2, 0) is 0 Å². The number of nitrogens with zero attached hydrogens (tertiary/aromatic N) is 6. The maximum absolute atomic E-state index is 5.33. The molecule has 0 unspecified atom stereocenters. The van der Waals surface area contributed by atoms with Crippen molar-refractivity contribution in [3.63, 3.8) is 0 Å². The lowest BCUT2D eigenvalue weighted by molar-refractivity contribution is 0.979. The van der Waals surface area contributed by atoms with Gasteiger partial charge in [0.2, 0.25) is 5.95 Å². The molecule has 0 aliphatic carbocycles. The molecule has 0 radical (unpaired) electrons. The summed E-state index contributed by atoms with van der Waals surface area (Å²) >= 11 is 0. The first kappa shape index (κ1) is 26.5. The molecule has 0 N–H and O–H groups in total. The van der Waals surface area contributed by atoms with Crippen LogP contribution in [0.1, 0.15) is 0 Å². The zero-order valence-electron chi connectivity index (χ0n) is 25.7. The van der Waals surface area contributed by atoms with E-state index in [1.807, 2.05) is 54.6 Å². The third-order valence-electron chi connectivity index (χ3n) is 9.12. The number of hydrogen-bond acceptors (Lipinski definition) is 4. The lowest BCUT2D eigenvalue weighted by Crippen LogP contribution is -2.06. The van der Waals surface area contributed by atoms with E-state index in [-0.39, 0.29) is 0 Å². The predicted molar refractivity (Wildman–Crippen MR) is 194 cm³/mol. The standard InChI is InChI=1S/C42H26N6/c1-3-13-27(14-4-1)35-26-36(28-15-5-2-6-16-28)44-40(43-35)29-23-24-31-30-17-8-11-21-37(30)47(39(31)25-29)42-46-33-19-9-7-18-32(33)41-45-34-20-10-12-22-38(34)48(41)42/h1-26H. The Labute approximate surface area is 275 Å². The van der Waals surface area contributed by atoms with Crippen molar-refractivity contribution in [2.24, 2.45) is 0 Å². The van der Waals surface area contributed by atoms with Crippen molar-refractivity contribution >= 4 is 49.4 Å². The van der Waals surface area contributed by atoms with Crippen molar-refractivity contribution in [2.75, 3.05) is 0 Å². The van der Waals surface area contributed by atoms with Gasteiger partial charge >= 0.3 is 0 Å². The maximum Gasteiger partial charge on any atom is 0.221 e. The first-order valence-electron chi connectivity index (χ1n) is 16.0. The second-order valence-corrected chi connectivity index (χ2v) is 12.0. The summed E-state index contributed by atoms with van der Waals surface area (Å²) < 4.78 is 4.46. The summed E-state index contributed by atoms with van der Waals surface area (Å²) in [4.78, 5) is 20.7. The molecule has 0 fully saturated rings. The van der Waals surface area contributed by atoms with Gasteiger partial charge in [-0.05, 0) is 42.5 Å². The van der Waals surface area contributed by atoms with Crippen LogP contribution in [0.2, 0.25) is 0 Å². The largest absolute Gasteiger partial charge is 0.279 e. The van der Waals surface area contributed by atoms with Crippen molar-refractivity contribution in [3.8, 4) is 39.9 Å². The highest BCUT2D eigenvalue weighted by molar-refractivity contribution is 6.10. The molecule has 224 valence electrons. The van der Waals surface area contributed by atoms with Gasteiger partial charge in [0.05, 0.1) is 39.0 Å². The van der Waals surface area contributed by atoms with E-state index in [0.29, 0.717) is 5.82 Å². The Hall–Kier alpha value is -6.66. The highest BCUT2D eigenvalue weighted by Crippen LogP contribution is 2.36. The highest BCUT2D eigenvalue weighted by atomic mass is 15.2. The molecule has 48 heavy (non-hydrogen) atoms. The van der Waals surface area contributed by atoms with Crippen LogP contribution in [0.25, 0.3) is 89.2 Å². The van der Waals surface area contributed by atoms with E-state index >= 15 is 0 Å². The minimum absolute atomic E-state index is 0.665. The van der Waals surface area contributed by atoms with Gasteiger partial charge in [0.1, 0.15) is 5.65 Å². The average Bonchev–Trinajstić information content (AvgIpc) is 3.71.